The zero-order valence-electron chi connectivity index (χ0n) is 6.98. The highest BCUT2D eigenvalue weighted by atomic mass is 16.5. The summed E-state index contributed by atoms with van der Waals surface area (Å²) in [6, 6.07) is 4.39. The van der Waals surface area contributed by atoms with Crippen molar-refractivity contribution >= 4 is 0 Å². The van der Waals surface area contributed by atoms with Gasteiger partial charge in [-0.05, 0) is 25.0 Å². The lowest BCUT2D eigenvalue weighted by Crippen LogP contribution is -1.87. The molecule has 0 N–H and O–H groups in total. The summed E-state index contributed by atoms with van der Waals surface area (Å²) in [5.41, 5.74) is 3.99. The largest absolute Gasteiger partial charge is 0.493 e. The van der Waals surface area contributed by atoms with Crippen molar-refractivity contribution in [2.45, 2.75) is 20.3 Å². The van der Waals surface area contributed by atoms with Crippen molar-refractivity contribution in [3.63, 3.8) is 0 Å². The van der Waals surface area contributed by atoms with Crippen LogP contribution in [0.25, 0.3) is 0 Å². The normalized spacial score (nSPS) is 14.4. The molecule has 0 bridgehead atoms. The van der Waals surface area contributed by atoms with Gasteiger partial charge in [0.25, 0.3) is 0 Å². The maximum atomic E-state index is 5.48. The summed E-state index contributed by atoms with van der Waals surface area (Å²) < 4.78 is 5.48. The standard InChI is InChI=1S/C10H12O/c1-7-5-8(2)10-9(6-7)3-4-11-10/h5-6H,3-4H2,1-2H3. The highest BCUT2D eigenvalue weighted by Crippen LogP contribution is 2.29. The van der Waals surface area contributed by atoms with Gasteiger partial charge in [-0.25, -0.2) is 0 Å². The number of ether oxygens (including phenoxy) is 1. The van der Waals surface area contributed by atoms with E-state index in [0.717, 1.165) is 18.8 Å². The Hall–Kier alpha value is -0.980. The summed E-state index contributed by atoms with van der Waals surface area (Å²) in [6.45, 7) is 5.10. The van der Waals surface area contributed by atoms with Gasteiger partial charge in [0.05, 0.1) is 6.61 Å². The first kappa shape index (κ1) is 6.71. The number of aryl methyl sites for hydroxylation is 2. The van der Waals surface area contributed by atoms with Gasteiger partial charge >= 0.3 is 0 Å². The second kappa shape index (κ2) is 2.26. The quantitative estimate of drug-likeness (QED) is 0.548. The van der Waals surface area contributed by atoms with E-state index in [1.54, 1.807) is 0 Å². The Bertz CT molecular complexity index is 289. The minimum Gasteiger partial charge on any atom is -0.493 e. The average molecular weight is 148 g/mol. The molecule has 1 nitrogen and oxygen atoms in total. The zero-order chi connectivity index (χ0) is 7.84. The summed E-state index contributed by atoms with van der Waals surface area (Å²) in [4.78, 5) is 0. The molecule has 1 aromatic carbocycles. The van der Waals surface area contributed by atoms with E-state index in [9.17, 15) is 0 Å². The van der Waals surface area contributed by atoms with Gasteiger partial charge in [-0.3, -0.25) is 0 Å². The van der Waals surface area contributed by atoms with E-state index in [2.05, 4.69) is 26.0 Å². The van der Waals surface area contributed by atoms with Crippen LogP contribution in [-0.4, -0.2) is 6.61 Å². The third-order valence-corrected chi connectivity index (χ3v) is 2.11. The van der Waals surface area contributed by atoms with Gasteiger partial charge in [0.2, 0.25) is 0 Å². The number of benzene rings is 1. The second-order valence-electron chi connectivity index (χ2n) is 3.17. The first-order valence-electron chi connectivity index (χ1n) is 4.00. The van der Waals surface area contributed by atoms with Crippen LogP contribution in [0.4, 0.5) is 0 Å². The smallest absolute Gasteiger partial charge is 0.125 e. The van der Waals surface area contributed by atoms with Crippen LogP contribution in [0.1, 0.15) is 16.7 Å². The molecule has 0 saturated heterocycles. The maximum Gasteiger partial charge on any atom is 0.125 e. The number of rotatable bonds is 0. The van der Waals surface area contributed by atoms with Crippen molar-refractivity contribution in [3.8, 4) is 5.75 Å². The highest BCUT2D eigenvalue weighted by molar-refractivity contribution is 5.45. The van der Waals surface area contributed by atoms with Gasteiger partial charge < -0.3 is 4.74 Å². The van der Waals surface area contributed by atoms with Crippen molar-refractivity contribution < 1.29 is 4.74 Å². The third kappa shape index (κ3) is 1.01. The molecule has 1 aliphatic heterocycles. The molecule has 0 unspecified atom stereocenters. The molecular weight excluding hydrogens is 136 g/mol. The molecule has 1 heterocycles. The van der Waals surface area contributed by atoms with Crippen LogP contribution in [-0.2, 0) is 6.42 Å². The van der Waals surface area contributed by atoms with Gasteiger partial charge in [0.15, 0.2) is 0 Å². The molecule has 0 radical (unpaired) electrons. The van der Waals surface area contributed by atoms with E-state index in [1.807, 2.05) is 0 Å². The van der Waals surface area contributed by atoms with Crippen LogP contribution in [0.3, 0.4) is 0 Å². The second-order valence-corrected chi connectivity index (χ2v) is 3.17. The van der Waals surface area contributed by atoms with E-state index >= 15 is 0 Å². The van der Waals surface area contributed by atoms with Crippen LogP contribution in [0, 0.1) is 13.8 Å². The molecule has 11 heavy (non-hydrogen) atoms. The molecule has 1 heteroatoms. The number of fused-ring (bicyclic) bond motifs is 1. The van der Waals surface area contributed by atoms with Gasteiger partial charge in [-0.1, -0.05) is 17.7 Å². The van der Waals surface area contributed by atoms with Gasteiger partial charge in [0.1, 0.15) is 5.75 Å². The molecule has 58 valence electrons. The van der Waals surface area contributed by atoms with E-state index in [0.29, 0.717) is 0 Å². The molecule has 0 atom stereocenters. The predicted octanol–water partition coefficient (Wildman–Crippen LogP) is 2.24. The first-order valence-corrected chi connectivity index (χ1v) is 4.00. The minimum atomic E-state index is 0.861. The van der Waals surface area contributed by atoms with Crippen LogP contribution in [0.15, 0.2) is 12.1 Å². The molecule has 1 aromatic rings. The third-order valence-electron chi connectivity index (χ3n) is 2.11. The van der Waals surface area contributed by atoms with Gasteiger partial charge in [0, 0.05) is 6.42 Å². The van der Waals surface area contributed by atoms with Crippen LogP contribution >= 0.6 is 0 Å². The van der Waals surface area contributed by atoms with E-state index < -0.39 is 0 Å². The fourth-order valence-corrected chi connectivity index (χ4v) is 1.70. The molecule has 0 aliphatic carbocycles. The Morgan fingerprint density at radius 2 is 2.09 bits per heavy atom. The summed E-state index contributed by atoms with van der Waals surface area (Å²) >= 11 is 0. The number of hydrogen-bond donors (Lipinski definition) is 0. The Morgan fingerprint density at radius 3 is 2.91 bits per heavy atom. The van der Waals surface area contributed by atoms with Gasteiger partial charge in [-0.2, -0.15) is 0 Å². The Labute approximate surface area is 67.0 Å². The monoisotopic (exact) mass is 148 g/mol. The Balaban J connectivity index is 2.60. The summed E-state index contributed by atoms with van der Waals surface area (Å²) in [5.74, 6) is 1.12. The lowest BCUT2D eigenvalue weighted by Gasteiger charge is -2.03. The molecule has 1 aliphatic rings. The molecule has 0 saturated carbocycles. The highest BCUT2D eigenvalue weighted by Gasteiger charge is 2.13. The fraction of sp³-hybridized carbons (Fsp3) is 0.400. The van der Waals surface area contributed by atoms with Crippen molar-refractivity contribution in [1.29, 1.82) is 0 Å². The first-order chi connectivity index (χ1) is 5.27. The molecule has 0 spiro atoms. The van der Waals surface area contributed by atoms with E-state index in [4.69, 9.17) is 4.74 Å². The fourth-order valence-electron chi connectivity index (χ4n) is 1.70. The molecular formula is C10H12O. The molecule has 0 fully saturated rings. The van der Waals surface area contributed by atoms with Crippen LogP contribution < -0.4 is 4.74 Å². The van der Waals surface area contributed by atoms with Crippen LogP contribution in [0.5, 0.6) is 5.75 Å². The van der Waals surface area contributed by atoms with Crippen LogP contribution in [0.2, 0.25) is 0 Å². The molecule has 2 rings (SSSR count). The summed E-state index contributed by atoms with van der Waals surface area (Å²) in [5, 5.41) is 0. The zero-order valence-corrected chi connectivity index (χ0v) is 6.98. The number of hydrogen-bond acceptors (Lipinski definition) is 1. The lowest BCUT2D eigenvalue weighted by molar-refractivity contribution is 0.354. The van der Waals surface area contributed by atoms with Crippen molar-refractivity contribution in [2.75, 3.05) is 6.61 Å². The van der Waals surface area contributed by atoms with Crippen molar-refractivity contribution in [1.82, 2.24) is 0 Å². The lowest BCUT2D eigenvalue weighted by atomic mass is 10.1. The van der Waals surface area contributed by atoms with Gasteiger partial charge in [-0.15, -0.1) is 0 Å². The molecule has 0 amide bonds. The SMILES string of the molecule is Cc1cc(C)c2c(c1)CCO2. The summed E-state index contributed by atoms with van der Waals surface area (Å²) in [6.07, 6.45) is 1.08. The Morgan fingerprint density at radius 1 is 1.27 bits per heavy atom. The van der Waals surface area contributed by atoms with Crippen molar-refractivity contribution in [3.05, 3.63) is 28.8 Å². The summed E-state index contributed by atoms with van der Waals surface area (Å²) in [7, 11) is 0. The molecule has 0 aromatic heterocycles. The maximum absolute atomic E-state index is 5.48. The van der Waals surface area contributed by atoms with Crippen molar-refractivity contribution in [2.24, 2.45) is 0 Å². The topological polar surface area (TPSA) is 9.23 Å². The average Bonchev–Trinajstić information content (AvgIpc) is 2.34. The predicted molar refractivity (Wildman–Crippen MR) is 45.1 cm³/mol. The minimum absolute atomic E-state index is 0.861. The Kier molecular flexibility index (Phi) is 1.38. The van der Waals surface area contributed by atoms with E-state index in [1.165, 1.54) is 16.7 Å². The van der Waals surface area contributed by atoms with E-state index in [-0.39, 0.29) is 0 Å².